The number of carbonyl (C=O) groups is 2. The Morgan fingerprint density at radius 1 is 1.23 bits per heavy atom. The Balaban J connectivity index is 2.69. The zero-order valence-electron chi connectivity index (χ0n) is 13.2. The molecular weight excluding hydrogens is 348 g/mol. The molecule has 0 bridgehead atoms. The Morgan fingerprint density at radius 2 is 2.00 bits per heavy atom. The molecule has 0 aliphatic carbocycles. The number of amides is 1. The molecule has 0 saturated heterocycles. The number of rotatable bonds is 9. The van der Waals surface area contributed by atoms with Gasteiger partial charge in [-0.1, -0.05) is 26.2 Å². The lowest BCUT2D eigenvalue weighted by Gasteiger charge is -2.22. The number of halogens is 1. The molecule has 0 spiro atoms. The quantitative estimate of drug-likeness (QED) is 0.493. The average molecular weight is 371 g/mol. The first-order valence-electron chi connectivity index (χ1n) is 7.55. The summed E-state index contributed by atoms with van der Waals surface area (Å²) in [6.45, 7) is 3.15. The fraction of sp³-hybridized carbons (Fsp3) is 0.562. The van der Waals surface area contributed by atoms with Crippen molar-refractivity contribution in [3.05, 3.63) is 28.5 Å². The van der Waals surface area contributed by atoms with Crippen LogP contribution in [0, 0.1) is 0 Å². The number of pyridine rings is 1. The third kappa shape index (κ3) is 6.56. The van der Waals surface area contributed by atoms with Crippen LogP contribution in [-0.4, -0.2) is 42.0 Å². The highest BCUT2D eigenvalue weighted by atomic mass is 79.9. The molecule has 0 aliphatic rings. The molecule has 122 valence electrons. The third-order valence-electron chi connectivity index (χ3n) is 3.33. The van der Waals surface area contributed by atoms with Crippen LogP contribution in [0.4, 0.5) is 0 Å². The minimum atomic E-state index is -0.307. The largest absolute Gasteiger partial charge is 0.469 e. The molecule has 1 amide bonds. The number of hydrogen-bond acceptors (Lipinski definition) is 4. The van der Waals surface area contributed by atoms with Crippen LogP contribution >= 0.6 is 15.9 Å². The molecule has 22 heavy (non-hydrogen) atoms. The second kappa shape index (κ2) is 10.3. The van der Waals surface area contributed by atoms with Crippen molar-refractivity contribution in [1.29, 1.82) is 0 Å². The maximum atomic E-state index is 12.6. The lowest BCUT2D eigenvalue weighted by molar-refractivity contribution is -0.140. The Bertz CT molecular complexity index is 494. The summed E-state index contributed by atoms with van der Waals surface area (Å²) in [6.07, 6.45) is 7.69. The van der Waals surface area contributed by atoms with Crippen molar-refractivity contribution in [2.45, 2.75) is 39.0 Å². The second-order valence-electron chi connectivity index (χ2n) is 5.07. The highest BCUT2D eigenvalue weighted by Crippen LogP contribution is 2.13. The van der Waals surface area contributed by atoms with E-state index in [0.717, 1.165) is 30.2 Å². The van der Waals surface area contributed by atoms with Crippen molar-refractivity contribution >= 4 is 27.8 Å². The molecule has 1 rings (SSSR count). The monoisotopic (exact) mass is 370 g/mol. The SMILES string of the molecule is CCCCCCN(CCC(=O)OC)C(=O)c1cncc(Br)c1. The third-order valence-corrected chi connectivity index (χ3v) is 3.77. The highest BCUT2D eigenvalue weighted by molar-refractivity contribution is 9.10. The van der Waals surface area contributed by atoms with Crippen LogP contribution in [0.2, 0.25) is 0 Å². The number of aromatic nitrogens is 1. The number of hydrogen-bond donors (Lipinski definition) is 0. The van der Waals surface area contributed by atoms with E-state index >= 15 is 0 Å². The van der Waals surface area contributed by atoms with Crippen molar-refractivity contribution in [2.24, 2.45) is 0 Å². The van der Waals surface area contributed by atoms with Gasteiger partial charge in [0.05, 0.1) is 19.1 Å². The highest BCUT2D eigenvalue weighted by Gasteiger charge is 2.17. The van der Waals surface area contributed by atoms with Crippen LogP contribution in [-0.2, 0) is 9.53 Å². The standard InChI is InChI=1S/C16H23BrN2O3/c1-3-4-5-6-8-19(9-7-15(20)22-2)16(21)13-10-14(17)12-18-11-13/h10-12H,3-9H2,1-2H3. The van der Waals surface area contributed by atoms with Gasteiger partial charge in [0.2, 0.25) is 0 Å². The second-order valence-corrected chi connectivity index (χ2v) is 5.99. The summed E-state index contributed by atoms with van der Waals surface area (Å²) in [5, 5.41) is 0. The van der Waals surface area contributed by atoms with Gasteiger partial charge in [0.1, 0.15) is 0 Å². The minimum Gasteiger partial charge on any atom is -0.469 e. The molecule has 1 heterocycles. The maximum absolute atomic E-state index is 12.6. The molecule has 0 radical (unpaired) electrons. The van der Waals surface area contributed by atoms with Gasteiger partial charge < -0.3 is 9.64 Å². The summed E-state index contributed by atoms with van der Waals surface area (Å²) in [6, 6.07) is 1.74. The first kappa shape index (κ1) is 18.6. The summed E-state index contributed by atoms with van der Waals surface area (Å²) in [5.74, 6) is -0.409. The number of methoxy groups -OCH3 is 1. The van der Waals surface area contributed by atoms with Crippen molar-refractivity contribution in [3.8, 4) is 0 Å². The van der Waals surface area contributed by atoms with Gasteiger partial charge in [0.15, 0.2) is 0 Å². The van der Waals surface area contributed by atoms with Crippen LogP contribution in [0.3, 0.4) is 0 Å². The van der Waals surface area contributed by atoms with Crippen molar-refractivity contribution < 1.29 is 14.3 Å². The van der Waals surface area contributed by atoms with Crippen molar-refractivity contribution in [3.63, 3.8) is 0 Å². The van der Waals surface area contributed by atoms with Gasteiger partial charge in [-0.15, -0.1) is 0 Å². The van der Waals surface area contributed by atoms with E-state index in [1.165, 1.54) is 7.11 Å². The molecule has 0 unspecified atom stereocenters. The fourth-order valence-electron chi connectivity index (χ4n) is 2.08. The maximum Gasteiger partial charge on any atom is 0.307 e. The molecule has 5 nitrogen and oxygen atoms in total. The smallest absolute Gasteiger partial charge is 0.307 e. The number of esters is 1. The summed E-state index contributed by atoms with van der Waals surface area (Å²) in [4.78, 5) is 29.6. The van der Waals surface area contributed by atoms with Crippen molar-refractivity contribution in [2.75, 3.05) is 20.2 Å². The average Bonchev–Trinajstić information content (AvgIpc) is 2.53. The van der Waals surface area contributed by atoms with Crippen LogP contribution in [0.15, 0.2) is 22.9 Å². The molecule has 0 aliphatic heterocycles. The van der Waals surface area contributed by atoms with E-state index in [1.807, 2.05) is 0 Å². The normalized spacial score (nSPS) is 10.3. The Kier molecular flexibility index (Phi) is 8.74. The summed E-state index contributed by atoms with van der Waals surface area (Å²) in [5.41, 5.74) is 0.523. The molecule has 6 heteroatoms. The van der Waals surface area contributed by atoms with E-state index in [2.05, 4.69) is 32.6 Å². The topological polar surface area (TPSA) is 59.5 Å². The first-order chi connectivity index (χ1) is 10.6. The van der Waals surface area contributed by atoms with E-state index in [9.17, 15) is 9.59 Å². The molecule has 0 N–H and O–H groups in total. The molecule has 0 aromatic carbocycles. The number of nitrogens with zero attached hydrogens (tertiary/aromatic N) is 2. The summed E-state index contributed by atoms with van der Waals surface area (Å²) >= 11 is 3.32. The van der Waals surface area contributed by atoms with Gasteiger partial charge in [0, 0.05) is 30.0 Å². The Morgan fingerprint density at radius 3 is 2.64 bits per heavy atom. The van der Waals surface area contributed by atoms with E-state index < -0.39 is 0 Å². The zero-order valence-corrected chi connectivity index (χ0v) is 14.8. The molecule has 0 saturated carbocycles. The molecular formula is C16H23BrN2O3. The Labute approximate surface area is 140 Å². The molecule has 1 aromatic rings. The number of unbranched alkanes of at least 4 members (excludes halogenated alkanes) is 3. The van der Waals surface area contributed by atoms with Gasteiger partial charge in [-0.25, -0.2) is 0 Å². The molecule has 0 atom stereocenters. The minimum absolute atomic E-state index is 0.103. The van der Waals surface area contributed by atoms with Gasteiger partial charge in [-0.2, -0.15) is 0 Å². The van der Waals surface area contributed by atoms with Gasteiger partial charge in [-0.3, -0.25) is 14.6 Å². The molecule has 1 aromatic heterocycles. The van der Waals surface area contributed by atoms with Crippen molar-refractivity contribution in [1.82, 2.24) is 9.88 Å². The first-order valence-corrected chi connectivity index (χ1v) is 8.34. The van der Waals surface area contributed by atoms with Gasteiger partial charge in [-0.05, 0) is 28.4 Å². The van der Waals surface area contributed by atoms with Crippen LogP contribution in [0.25, 0.3) is 0 Å². The van der Waals surface area contributed by atoms with E-state index in [4.69, 9.17) is 0 Å². The lowest BCUT2D eigenvalue weighted by atomic mass is 10.1. The van der Waals surface area contributed by atoms with Crippen LogP contribution in [0.1, 0.15) is 49.4 Å². The number of carbonyl (C=O) groups excluding carboxylic acids is 2. The van der Waals surface area contributed by atoms with Crippen LogP contribution < -0.4 is 0 Å². The fourth-order valence-corrected chi connectivity index (χ4v) is 2.45. The van der Waals surface area contributed by atoms with Gasteiger partial charge >= 0.3 is 5.97 Å². The van der Waals surface area contributed by atoms with E-state index in [1.54, 1.807) is 23.4 Å². The summed E-state index contributed by atoms with van der Waals surface area (Å²) < 4.78 is 5.41. The van der Waals surface area contributed by atoms with Crippen LogP contribution in [0.5, 0.6) is 0 Å². The van der Waals surface area contributed by atoms with E-state index in [0.29, 0.717) is 18.7 Å². The Hall–Kier alpha value is -1.43. The molecule has 0 fully saturated rings. The lowest BCUT2D eigenvalue weighted by Crippen LogP contribution is -2.34. The predicted octanol–water partition coefficient (Wildman–Crippen LogP) is 3.43. The zero-order chi connectivity index (χ0) is 16.4. The van der Waals surface area contributed by atoms with E-state index in [-0.39, 0.29) is 18.3 Å². The van der Waals surface area contributed by atoms with Gasteiger partial charge in [0.25, 0.3) is 5.91 Å². The predicted molar refractivity (Wildman–Crippen MR) is 88.6 cm³/mol. The summed E-state index contributed by atoms with van der Waals surface area (Å²) in [7, 11) is 1.36. The number of ether oxygens (including phenoxy) is 1.